The summed E-state index contributed by atoms with van der Waals surface area (Å²) in [5, 5.41) is 0. The molecular weight excluding hydrogens is 246 g/mol. The smallest absolute Gasteiger partial charge is 0.0110 e. The Kier molecular flexibility index (Phi) is 6.96. The van der Waals surface area contributed by atoms with Gasteiger partial charge in [0.1, 0.15) is 0 Å². The summed E-state index contributed by atoms with van der Waals surface area (Å²) in [6, 6.07) is 0. The molecule has 0 aromatic rings. The monoisotopic (exact) mass is 283 g/mol. The first-order chi connectivity index (χ1) is 9.23. The van der Waals surface area contributed by atoms with Crippen LogP contribution in [0.1, 0.15) is 34.1 Å². The van der Waals surface area contributed by atoms with Crippen molar-refractivity contribution in [2.45, 2.75) is 34.1 Å². The van der Waals surface area contributed by atoms with Gasteiger partial charge in [-0.25, -0.2) is 0 Å². The summed E-state index contributed by atoms with van der Waals surface area (Å²) >= 11 is 0. The van der Waals surface area contributed by atoms with Crippen molar-refractivity contribution < 1.29 is 0 Å². The first-order valence-electron chi connectivity index (χ1n) is 8.29. The summed E-state index contributed by atoms with van der Waals surface area (Å²) < 4.78 is 0. The first kappa shape index (κ1) is 17.9. The van der Waals surface area contributed by atoms with Crippen LogP contribution >= 0.6 is 0 Å². The van der Waals surface area contributed by atoms with Crippen LogP contribution in [0.4, 0.5) is 0 Å². The van der Waals surface area contributed by atoms with Gasteiger partial charge in [0.25, 0.3) is 0 Å². The molecule has 1 aliphatic rings. The highest BCUT2D eigenvalue weighted by Gasteiger charge is 2.33. The van der Waals surface area contributed by atoms with Crippen LogP contribution in [0, 0.1) is 17.3 Å². The molecule has 1 fully saturated rings. The third kappa shape index (κ3) is 5.34. The zero-order chi connectivity index (χ0) is 15.3. The fraction of sp³-hybridized carbons (Fsp3) is 1.00. The fourth-order valence-corrected chi connectivity index (χ4v) is 2.96. The number of rotatable bonds is 7. The number of hydrogen-bond donors (Lipinski definition) is 0. The Hall–Kier alpha value is -0.120. The molecule has 0 bridgehead atoms. The molecule has 0 N–H and O–H groups in total. The van der Waals surface area contributed by atoms with Gasteiger partial charge >= 0.3 is 0 Å². The highest BCUT2D eigenvalue weighted by molar-refractivity contribution is 4.84. The molecule has 2 atom stereocenters. The second kappa shape index (κ2) is 7.77. The molecule has 20 heavy (non-hydrogen) atoms. The van der Waals surface area contributed by atoms with Crippen LogP contribution in [0.5, 0.6) is 0 Å². The van der Waals surface area contributed by atoms with Crippen LogP contribution in [-0.2, 0) is 0 Å². The third-order valence-electron chi connectivity index (χ3n) is 5.68. The lowest BCUT2D eigenvalue weighted by Gasteiger charge is -2.42. The fourth-order valence-electron chi connectivity index (χ4n) is 2.96. The molecule has 0 spiro atoms. The lowest BCUT2D eigenvalue weighted by Crippen LogP contribution is -2.48. The maximum atomic E-state index is 2.66. The van der Waals surface area contributed by atoms with Crippen molar-refractivity contribution in [1.29, 1.82) is 0 Å². The minimum atomic E-state index is 0.416. The Labute approximate surface area is 127 Å². The largest absolute Gasteiger partial charge is 0.309 e. The molecule has 1 aliphatic heterocycles. The van der Waals surface area contributed by atoms with Gasteiger partial charge < -0.3 is 14.7 Å². The second-order valence-corrected chi connectivity index (χ2v) is 7.82. The number of piperazine rings is 1. The summed E-state index contributed by atoms with van der Waals surface area (Å²) in [6.07, 6.45) is 1.30. The van der Waals surface area contributed by atoms with E-state index in [2.05, 4.69) is 63.5 Å². The molecule has 1 saturated heterocycles. The molecule has 0 radical (unpaired) electrons. The highest BCUT2D eigenvalue weighted by atomic mass is 15.2. The van der Waals surface area contributed by atoms with Crippen LogP contribution in [0.3, 0.4) is 0 Å². The Morgan fingerprint density at radius 3 is 2.05 bits per heavy atom. The van der Waals surface area contributed by atoms with Crippen molar-refractivity contribution in [1.82, 2.24) is 14.7 Å². The predicted molar refractivity (Wildman–Crippen MR) is 89.2 cm³/mol. The normalized spacial score (nSPS) is 22.2. The van der Waals surface area contributed by atoms with Gasteiger partial charge in [-0.2, -0.15) is 0 Å². The van der Waals surface area contributed by atoms with Gasteiger partial charge in [0.2, 0.25) is 0 Å². The maximum Gasteiger partial charge on any atom is 0.0110 e. The van der Waals surface area contributed by atoms with Crippen molar-refractivity contribution >= 4 is 0 Å². The van der Waals surface area contributed by atoms with Crippen LogP contribution in [-0.4, -0.2) is 75.1 Å². The molecule has 0 amide bonds. The van der Waals surface area contributed by atoms with Gasteiger partial charge in [-0.1, -0.05) is 27.7 Å². The van der Waals surface area contributed by atoms with Gasteiger partial charge in [0, 0.05) is 32.7 Å². The zero-order valence-electron chi connectivity index (χ0n) is 14.9. The van der Waals surface area contributed by atoms with Gasteiger partial charge in [0.05, 0.1) is 0 Å². The van der Waals surface area contributed by atoms with E-state index in [4.69, 9.17) is 0 Å². The van der Waals surface area contributed by atoms with Crippen LogP contribution in [0.2, 0.25) is 0 Å². The average molecular weight is 284 g/mol. The third-order valence-corrected chi connectivity index (χ3v) is 5.68. The summed E-state index contributed by atoms with van der Waals surface area (Å²) in [5.41, 5.74) is 0.416. The summed E-state index contributed by atoms with van der Waals surface area (Å²) in [7, 11) is 6.58. The molecule has 3 heteroatoms. The van der Waals surface area contributed by atoms with Crippen molar-refractivity contribution in [2.75, 3.05) is 60.4 Å². The van der Waals surface area contributed by atoms with E-state index in [1.165, 1.54) is 45.7 Å². The second-order valence-electron chi connectivity index (χ2n) is 7.82. The van der Waals surface area contributed by atoms with Crippen molar-refractivity contribution in [2.24, 2.45) is 17.3 Å². The van der Waals surface area contributed by atoms with E-state index in [9.17, 15) is 0 Å². The summed E-state index contributed by atoms with van der Waals surface area (Å²) in [5.74, 6) is 1.52. The van der Waals surface area contributed by atoms with E-state index in [0.717, 1.165) is 11.8 Å². The van der Waals surface area contributed by atoms with Gasteiger partial charge in [-0.05, 0) is 51.4 Å². The van der Waals surface area contributed by atoms with Gasteiger partial charge in [-0.15, -0.1) is 0 Å². The minimum absolute atomic E-state index is 0.416. The molecule has 0 aliphatic carbocycles. The minimum Gasteiger partial charge on any atom is -0.309 e. The predicted octanol–water partition coefficient (Wildman–Crippen LogP) is 2.48. The topological polar surface area (TPSA) is 9.72 Å². The molecule has 1 rings (SSSR count). The van der Waals surface area contributed by atoms with Crippen LogP contribution < -0.4 is 0 Å². The van der Waals surface area contributed by atoms with E-state index >= 15 is 0 Å². The SMILES string of the molecule is CC(CCN(C)C)C(C)(C)C(C)CN1CCN(C)CC1. The first-order valence-corrected chi connectivity index (χ1v) is 8.29. The van der Waals surface area contributed by atoms with Crippen LogP contribution in [0.25, 0.3) is 0 Å². The van der Waals surface area contributed by atoms with E-state index in [1.54, 1.807) is 0 Å². The molecular formula is C17H37N3. The average Bonchev–Trinajstić information content (AvgIpc) is 2.38. The molecule has 0 saturated carbocycles. The molecule has 1 heterocycles. The Morgan fingerprint density at radius 1 is 1.00 bits per heavy atom. The molecule has 3 nitrogen and oxygen atoms in total. The van der Waals surface area contributed by atoms with E-state index < -0.39 is 0 Å². The quantitative estimate of drug-likeness (QED) is 0.711. The van der Waals surface area contributed by atoms with Crippen molar-refractivity contribution in [3.63, 3.8) is 0 Å². The van der Waals surface area contributed by atoms with Crippen molar-refractivity contribution in [3.8, 4) is 0 Å². The lowest BCUT2D eigenvalue weighted by atomic mass is 9.69. The Bertz CT molecular complexity index is 267. The van der Waals surface area contributed by atoms with E-state index in [1.807, 2.05) is 0 Å². The molecule has 0 aromatic heterocycles. The van der Waals surface area contributed by atoms with E-state index in [0.29, 0.717) is 5.41 Å². The number of likely N-dealkylation sites (N-methyl/N-ethyl adjacent to an activating group) is 1. The van der Waals surface area contributed by atoms with E-state index in [-0.39, 0.29) is 0 Å². The molecule has 120 valence electrons. The van der Waals surface area contributed by atoms with Crippen molar-refractivity contribution in [3.05, 3.63) is 0 Å². The standard InChI is InChI=1S/C17H37N3/c1-15(8-9-18(5)6)17(3,4)16(2)14-20-12-10-19(7)11-13-20/h15-16H,8-14H2,1-7H3. The Balaban J connectivity index is 2.44. The number of hydrogen-bond acceptors (Lipinski definition) is 3. The molecule has 2 unspecified atom stereocenters. The van der Waals surface area contributed by atoms with Crippen LogP contribution in [0.15, 0.2) is 0 Å². The molecule has 0 aromatic carbocycles. The van der Waals surface area contributed by atoms with Gasteiger partial charge in [-0.3, -0.25) is 0 Å². The lowest BCUT2D eigenvalue weighted by molar-refractivity contribution is 0.0664. The van der Waals surface area contributed by atoms with Gasteiger partial charge in [0.15, 0.2) is 0 Å². The summed E-state index contributed by atoms with van der Waals surface area (Å²) in [6.45, 7) is 17.2. The highest BCUT2D eigenvalue weighted by Crippen LogP contribution is 2.37. The zero-order valence-corrected chi connectivity index (χ0v) is 14.9. The summed E-state index contributed by atoms with van der Waals surface area (Å²) in [4.78, 5) is 7.40. The number of nitrogens with zero attached hydrogens (tertiary/aromatic N) is 3. The Morgan fingerprint density at radius 2 is 1.55 bits per heavy atom. The maximum absolute atomic E-state index is 2.66.